The minimum absolute atomic E-state index is 0.219. The Labute approximate surface area is 198 Å². The van der Waals surface area contributed by atoms with E-state index in [4.69, 9.17) is 4.74 Å². The number of carboxylic acid groups (broad SMARTS) is 1. The molecule has 0 amide bonds. The molecule has 0 radical (unpaired) electrons. The van der Waals surface area contributed by atoms with Crippen LogP contribution in [0.15, 0.2) is 82.8 Å². The van der Waals surface area contributed by atoms with Crippen LogP contribution in [0.25, 0.3) is 0 Å². The summed E-state index contributed by atoms with van der Waals surface area (Å²) in [6, 6.07) is 13.3. The van der Waals surface area contributed by atoms with Crippen LogP contribution in [0, 0.1) is 6.92 Å². The lowest BCUT2D eigenvalue weighted by atomic mass is 10.1. The first-order valence-corrected chi connectivity index (χ1v) is 13.1. The summed E-state index contributed by atoms with van der Waals surface area (Å²) in [6.07, 6.45) is 2.45. The maximum Gasteiger partial charge on any atom is 0.323 e. The van der Waals surface area contributed by atoms with Crippen molar-refractivity contribution in [2.45, 2.75) is 41.4 Å². The maximum atomic E-state index is 13.1. The van der Waals surface area contributed by atoms with Crippen molar-refractivity contribution in [2.75, 3.05) is 0 Å². The van der Waals surface area contributed by atoms with E-state index in [1.165, 1.54) is 42.6 Å². The first-order chi connectivity index (χ1) is 15.8. The van der Waals surface area contributed by atoms with Crippen molar-refractivity contribution >= 4 is 25.8 Å². The molecule has 1 aromatic heterocycles. The highest BCUT2D eigenvalue weighted by atomic mass is 32.2. The molecule has 0 spiro atoms. The molecule has 0 fully saturated rings. The third kappa shape index (κ3) is 5.27. The lowest BCUT2D eigenvalue weighted by molar-refractivity contribution is -0.139. The molecule has 3 rings (SSSR count). The fourth-order valence-corrected chi connectivity index (χ4v) is 6.05. The molecule has 0 unspecified atom stereocenters. The number of pyridine rings is 1. The van der Waals surface area contributed by atoms with Gasteiger partial charge in [-0.15, -0.1) is 0 Å². The summed E-state index contributed by atoms with van der Waals surface area (Å²) in [5.41, 5.74) is 1.06. The van der Waals surface area contributed by atoms with Gasteiger partial charge >= 0.3 is 5.97 Å². The van der Waals surface area contributed by atoms with Crippen molar-refractivity contribution in [3.8, 4) is 11.5 Å². The number of hydrogen-bond donors (Lipinski definition) is 2. The Kier molecular flexibility index (Phi) is 7.10. The summed E-state index contributed by atoms with van der Waals surface area (Å²) in [5, 5.41) is 9.73. The van der Waals surface area contributed by atoms with Crippen molar-refractivity contribution < 1.29 is 31.5 Å². The Morgan fingerprint density at radius 3 is 2.00 bits per heavy atom. The molecule has 2 aromatic carbocycles. The van der Waals surface area contributed by atoms with Crippen LogP contribution in [-0.4, -0.2) is 43.7 Å². The van der Waals surface area contributed by atoms with Crippen LogP contribution in [-0.2, 0) is 24.7 Å². The summed E-state index contributed by atoms with van der Waals surface area (Å²) in [7, 11) is -8.66. The van der Waals surface area contributed by atoms with Gasteiger partial charge in [0.15, 0.2) is 9.84 Å². The highest BCUT2D eigenvalue weighted by molar-refractivity contribution is 7.93. The summed E-state index contributed by atoms with van der Waals surface area (Å²) in [4.78, 5) is 15.3. The number of aromatic nitrogens is 1. The highest BCUT2D eigenvalue weighted by Gasteiger charge is 2.48. The highest BCUT2D eigenvalue weighted by Crippen LogP contribution is 2.30. The van der Waals surface area contributed by atoms with Crippen molar-refractivity contribution in [1.29, 1.82) is 0 Å². The topological polar surface area (TPSA) is 140 Å². The number of benzene rings is 2. The first-order valence-electron chi connectivity index (χ1n) is 10.1. The Bertz CT molecular complexity index is 1370. The van der Waals surface area contributed by atoms with Crippen molar-refractivity contribution in [3.63, 3.8) is 0 Å². The van der Waals surface area contributed by atoms with Crippen molar-refractivity contribution in [3.05, 3.63) is 78.6 Å². The number of rotatable bonds is 9. The van der Waals surface area contributed by atoms with Crippen molar-refractivity contribution in [2.24, 2.45) is 0 Å². The van der Waals surface area contributed by atoms with Gasteiger partial charge in [0.1, 0.15) is 17.5 Å². The molecule has 0 saturated carbocycles. The number of ether oxygens (including phenoxy) is 1. The van der Waals surface area contributed by atoms with E-state index in [2.05, 4.69) is 4.98 Å². The average Bonchev–Trinajstić information content (AvgIpc) is 2.79. The molecule has 3 aromatic rings. The van der Waals surface area contributed by atoms with Crippen molar-refractivity contribution in [1.82, 2.24) is 9.71 Å². The molecule has 11 heteroatoms. The van der Waals surface area contributed by atoms with Crippen LogP contribution in [0.4, 0.5) is 0 Å². The molecular weight excluding hydrogens is 480 g/mol. The maximum absolute atomic E-state index is 13.1. The Hall–Kier alpha value is -3.28. The number of sulfonamides is 1. The number of hydrogen-bond acceptors (Lipinski definition) is 7. The molecule has 0 saturated heterocycles. The normalized spacial score (nSPS) is 13.3. The number of nitrogens with zero attached hydrogens (tertiary/aromatic N) is 1. The lowest BCUT2D eigenvalue weighted by Crippen LogP contribution is -2.57. The van der Waals surface area contributed by atoms with E-state index in [1.54, 1.807) is 12.1 Å². The van der Waals surface area contributed by atoms with E-state index >= 15 is 0 Å². The van der Waals surface area contributed by atoms with Gasteiger partial charge in [-0.3, -0.25) is 9.78 Å². The number of carbonyl (C=O) groups is 1. The van der Waals surface area contributed by atoms with Gasteiger partial charge in [-0.1, -0.05) is 17.7 Å². The molecular formula is C23H24N2O7S2. The molecule has 0 bridgehead atoms. The van der Waals surface area contributed by atoms with Gasteiger partial charge in [0.25, 0.3) is 0 Å². The van der Waals surface area contributed by atoms with E-state index in [0.29, 0.717) is 11.5 Å². The van der Waals surface area contributed by atoms with Gasteiger partial charge in [-0.2, -0.15) is 4.72 Å². The van der Waals surface area contributed by atoms with E-state index in [1.807, 2.05) is 23.8 Å². The first kappa shape index (κ1) is 25.3. The van der Waals surface area contributed by atoms with Crippen LogP contribution in [0.2, 0.25) is 0 Å². The molecule has 0 aliphatic rings. The van der Waals surface area contributed by atoms with Gasteiger partial charge in [-0.25, -0.2) is 16.8 Å². The molecule has 1 heterocycles. The summed E-state index contributed by atoms with van der Waals surface area (Å²) in [6.45, 7) is 4.23. The van der Waals surface area contributed by atoms with E-state index in [-0.39, 0.29) is 9.79 Å². The quantitative estimate of drug-likeness (QED) is 0.453. The fraction of sp³-hybridized carbons (Fsp3) is 0.217. The van der Waals surface area contributed by atoms with E-state index < -0.39 is 36.6 Å². The van der Waals surface area contributed by atoms with Gasteiger partial charge in [0.05, 0.1) is 14.5 Å². The zero-order chi connectivity index (χ0) is 25.1. The second-order valence-electron chi connectivity index (χ2n) is 8.07. The molecule has 9 nitrogen and oxygen atoms in total. The van der Waals surface area contributed by atoms with Crippen LogP contribution >= 0.6 is 0 Å². The molecule has 0 aliphatic heterocycles. The zero-order valence-electron chi connectivity index (χ0n) is 18.7. The molecule has 34 heavy (non-hydrogen) atoms. The molecule has 0 aliphatic carbocycles. The van der Waals surface area contributed by atoms with Crippen LogP contribution in [0.5, 0.6) is 11.5 Å². The third-order valence-corrected chi connectivity index (χ3v) is 9.16. The standard InChI is InChI=1S/C23H24N2O7S2/c1-16-6-8-17(9-7-16)32-18-10-12-19(13-11-18)34(30,31)25-21(22(26)27)23(2,3)33(28,29)20-5-4-14-24-15-20/h4-15,21,25H,1-3H3,(H,26,27)/t21-/m1/s1. The third-order valence-electron chi connectivity index (χ3n) is 5.24. The van der Waals surface area contributed by atoms with E-state index in [9.17, 15) is 26.7 Å². The monoisotopic (exact) mass is 504 g/mol. The zero-order valence-corrected chi connectivity index (χ0v) is 20.3. The van der Waals surface area contributed by atoms with Crippen LogP contribution < -0.4 is 9.46 Å². The minimum atomic E-state index is -4.39. The van der Waals surface area contributed by atoms with Gasteiger partial charge in [0, 0.05) is 12.4 Å². The summed E-state index contributed by atoms with van der Waals surface area (Å²) >= 11 is 0. The van der Waals surface area contributed by atoms with Crippen LogP contribution in [0.3, 0.4) is 0 Å². The van der Waals surface area contributed by atoms with Gasteiger partial charge in [0.2, 0.25) is 10.0 Å². The molecule has 1 atom stereocenters. The second-order valence-corrected chi connectivity index (χ2v) is 12.3. The summed E-state index contributed by atoms with van der Waals surface area (Å²) in [5.74, 6) is -0.704. The number of aliphatic carboxylic acids is 1. The Morgan fingerprint density at radius 1 is 0.941 bits per heavy atom. The fourth-order valence-electron chi connectivity index (χ4n) is 3.11. The Balaban J connectivity index is 1.86. The van der Waals surface area contributed by atoms with Crippen LogP contribution in [0.1, 0.15) is 19.4 Å². The summed E-state index contributed by atoms with van der Waals surface area (Å²) < 4.78 is 57.8. The SMILES string of the molecule is Cc1ccc(Oc2ccc(S(=O)(=O)N[C@H](C(=O)O)C(C)(C)S(=O)(=O)c3cccnc3)cc2)cc1. The van der Waals surface area contributed by atoms with E-state index in [0.717, 1.165) is 25.6 Å². The molecule has 180 valence electrons. The average molecular weight is 505 g/mol. The minimum Gasteiger partial charge on any atom is -0.480 e. The number of aryl methyl sites for hydroxylation is 1. The largest absolute Gasteiger partial charge is 0.480 e. The van der Waals surface area contributed by atoms with Gasteiger partial charge < -0.3 is 9.84 Å². The number of nitrogens with one attached hydrogen (secondary N) is 1. The second kappa shape index (κ2) is 9.53. The predicted molar refractivity (Wildman–Crippen MR) is 125 cm³/mol. The predicted octanol–water partition coefficient (Wildman–Crippen LogP) is 3.17. The lowest BCUT2D eigenvalue weighted by Gasteiger charge is -2.31. The number of carboxylic acids is 1. The smallest absolute Gasteiger partial charge is 0.323 e. The van der Waals surface area contributed by atoms with Gasteiger partial charge in [-0.05, 0) is 69.3 Å². The molecule has 2 N–H and O–H groups in total. The number of sulfone groups is 1. The Morgan fingerprint density at radius 2 is 1.50 bits per heavy atom.